The van der Waals surface area contributed by atoms with Gasteiger partial charge in [-0.15, -0.1) is 0 Å². The number of rotatable bonds is 6. The Hall–Kier alpha value is -3.73. The van der Waals surface area contributed by atoms with Gasteiger partial charge in [0.15, 0.2) is 0 Å². The molecule has 5 nitrogen and oxygen atoms in total. The number of phenols is 1. The van der Waals surface area contributed by atoms with Crippen LogP contribution in [0.15, 0.2) is 79.0 Å². The summed E-state index contributed by atoms with van der Waals surface area (Å²) in [7, 11) is 0. The van der Waals surface area contributed by atoms with E-state index in [0.717, 1.165) is 22.2 Å². The first kappa shape index (κ1) is 17.7. The molecule has 4 aromatic rings. The second-order valence-electron chi connectivity index (χ2n) is 6.57. The van der Waals surface area contributed by atoms with E-state index in [0.29, 0.717) is 18.7 Å². The predicted octanol–water partition coefficient (Wildman–Crippen LogP) is 4.95. The lowest BCUT2D eigenvalue weighted by Crippen LogP contribution is -2.22. The van der Waals surface area contributed by atoms with Gasteiger partial charge in [0.05, 0.1) is 5.69 Å². The number of para-hydroxylation sites is 2. The summed E-state index contributed by atoms with van der Waals surface area (Å²) < 4.78 is 0. The van der Waals surface area contributed by atoms with Crippen LogP contribution < -0.4 is 4.90 Å². The van der Waals surface area contributed by atoms with Gasteiger partial charge in [-0.1, -0.05) is 42.5 Å². The van der Waals surface area contributed by atoms with Crippen molar-refractivity contribution in [3.8, 4) is 5.75 Å². The number of fused-ring (bicyclic) bond motifs is 1. The number of aromatic amines is 1. The number of aromatic carboxylic acids is 1. The van der Waals surface area contributed by atoms with Gasteiger partial charge in [0, 0.05) is 29.3 Å². The van der Waals surface area contributed by atoms with Gasteiger partial charge in [-0.05, 0) is 42.3 Å². The molecule has 0 radical (unpaired) electrons. The van der Waals surface area contributed by atoms with Crippen molar-refractivity contribution in [3.05, 3.63) is 90.1 Å². The van der Waals surface area contributed by atoms with E-state index in [4.69, 9.17) is 0 Å². The van der Waals surface area contributed by atoms with E-state index < -0.39 is 5.97 Å². The molecular weight excluding hydrogens is 352 g/mol. The maximum absolute atomic E-state index is 11.8. The minimum absolute atomic E-state index is 0.0923. The molecule has 0 bridgehead atoms. The number of carboxylic acids is 1. The lowest BCUT2D eigenvalue weighted by atomic mass is 10.1. The SMILES string of the molecule is O=C(O)c1c(O)cccc1N(CCc1c[nH]c2ccccc12)c1ccccc1. The molecule has 5 heteroatoms. The number of carbonyl (C=O) groups is 1. The smallest absolute Gasteiger partial charge is 0.341 e. The van der Waals surface area contributed by atoms with Gasteiger partial charge >= 0.3 is 5.97 Å². The zero-order valence-electron chi connectivity index (χ0n) is 15.2. The van der Waals surface area contributed by atoms with Crippen LogP contribution in [-0.4, -0.2) is 27.7 Å². The van der Waals surface area contributed by atoms with Gasteiger partial charge < -0.3 is 20.1 Å². The average molecular weight is 372 g/mol. The number of aromatic hydroxyl groups is 1. The van der Waals surface area contributed by atoms with Crippen LogP contribution in [0.3, 0.4) is 0 Å². The summed E-state index contributed by atoms with van der Waals surface area (Å²) in [6.45, 7) is 0.565. The summed E-state index contributed by atoms with van der Waals surface area (Å²) in [5.74, 6) is -1.39. The molecule has 0 amide bonds. The first-order chi connectivity index (χ1) is 13.6. The van der Waals surface area contributed by atoms with Crippen LogP contribution in [0, 0.1) is 0 Å². The molecule has 4 rings (SSSR count). The van der Waals surface area contributed by atoms with E-state index in [1.54, 1.807) is 12.1 Å². The van der Waals surface area contributed by atoms with E-state index in [-0.39, 0.29) is 11.3 Å². The van der Waals surface area contributed by atoms with Crippen molar-refractivity contribution in [2.45, 2.75) is 6.42 Å². The van der Waals surface area contributed by atoms with E-state index in [1.807, 2.05) is 59.6 Å². The lowest BCUT2D eigenvalue weighted by molar-refractivity contribution is 0.0694. The molecule has 0 aliphatic heterocycles. The molecule has 140 valence electrons. The first-order valence-electron chi connectivity index (χ1n) is 9.08. The van der Waals surface area contributed by atoms with Crippen molar-refractivity contribution < 1.29 is 15.0 Å². The molecule has 1 heterocycles. The molecule has 0 unspecified atom stereocenters. The average Bonchev–Trinajstić information content (AvgIpc) is 3.12. The Morgan fingerprint density at radius 1 is 0.929 bits per heavy atom. The number of nitrogens with one attached hydrogen (secondary N) is 1. The van der Waals surface area contributed by atoms with Crippen molar-refractivity contribution in [3.63, 3.8) is 0 Å². The van der Waals surface area contributed by atoms with Gasteiger partial charge in [-0.2, -0.15) is 0 Å². The number of hydrogen-bond donors (Lipinski definition) is 3. The molecule has 0 atom stereocenters. The van der Waals surface area contributed by atoms with E-state index in [9.17, 15) is 15.0 Å². The molecule has 0 spiro atoms. The normalized spacial score (nSPS) is 10.9. The van der Waals surface area contributed by atoms with Crippen molar-refractivity contribution in [1.29, 1.82) is 0 Å². The minimum Gasteiger partial charge on any atom is -0.507 e. The highest BCUT2D eigenvalue weighted by Gasteiger charge is 2.21. The number of anilines is 2. The molecule has 28 heavy (non-hydrogen) atoms. The Bertz CT molecular complexity index is 1120. The van der Waals surface area contributed by atoms with Crippen LogP contribution in [0.25, 0.3) is 10.9 Å². The Morgan fingerprint density at radius 3 is 2.46 bits per heavy atom. The molecule has 1 aromatic heterocycles. The Balaban J connectivity index is 1.74. The number of benzene rings is 3. The summed E-state index contributed by atoms with van der Waals surface area (Å²) in [6, 6.07) is 22.5. The number of H-pyrrole nitrogens is 1. The van der Waals surface area contributed by atoms with Gasteiger partial charge in [0.1, 0.15) is 11.3 Å². The van der Waals surface area contributed by atoms with Crippen molar-refractivity contribution in [2.24, 2.45) is 0 Å². The fourth-order valence-electron chi connectivity index (χ4n) is 3.54. The summed E-state index contributed by atoms with van der Waals surface area (Å²) in [5.41, 5.74) is 3.49. The second kappa shape index (κ2) is 7.48. The van der Waals surface area contributed by atoms with Crippen LogP contribution >= 0.6 is 0 Å². The number of aromatic nitrogens is 1. The number of hydrogen-bond acceptors (Lipinski definition) is 3. The first-order valence-corrected chi connectivity index (χ1v) is 9.08. The molecule has 3 N–H and O–H groups in total. The van der Waals surface area contributed by atoms with Crippen molar-refractivity contribution in [1.82, 2.24) is 4.98 Å². The largest absolute Gasteiger partial charge is 0.507 e. The van der Waals surface area contributed by atoms with E-state index >= 15 is 0 Å². The molecule has 0 saturated heterocycles. The zero-order chi connectivity index (χ0) is 19.5. The quantitative estimate of drug-likeness (QED) is 0.447. The Morgan fingerprint density at radius 2 is 1.68 bits per heavy atom. The molecular formula is C23H20N2O3. The summed E-state index contributed by atoms with van der Waals surface area (Å²) in [6.07, 6.45) is 2.71. The fourth-order valence-corrected chi connectivity index (χ4v) is 3.54. The van der Waals surface area contributed by atoms with Crippen molar-refractivity contribution in [2.75, 3.05) is 11.4 Å². The Kier molecular flexibility index (Phi) is 4.72. The lowest BCUT2D eigenvalue weighted by Gasteiger charge is -2.26. The van der Waals surface area contributed by atoms with E-state index in [1.165, 1.54) is 6.07 Å². The maximum Gasteiger partial charge on any atom is 0.341 e. The van der Waals surface area contributed by atoms with E-state index in [2.05, 4.69) is 11.1 Å². The molecule has 0 saturated carbocycles. The van der Waals surface area contributed by atoms with Crippen molar-refractivity contribution >= 4 is 28.2 Å². The third-order valence-electron chi connectivity index (χ3n) is 4.87. The minimum atomic E-state index is -1.15. The highest BCUT2D eigenvalue weighted by Crippen LogP contribution is 2.34. The molecule has 0 aliphatic carbocycles. The standard InChI is InChI=1S/C23H20N2O3/c26-21-12-6-11-20(22(21)23(27)28)25(17-7-2-1-3-8-17)14-13-16-15-24-19-10-5-4-9-18(16)19/h1-12,15,24,26H,13-14H2,(H,27,28). The highest BCUT2D eigenvalue weighted by molar-refractivity contribution is 5.98. The summed E-state index contributed by atoms with van der Waals surface area (Å²) in [4.78, 5) is 17.0. The third kappa shape index (κ3) is 3.30. The third-order valence-corrected chi connectivity index (χ3v) is 4.87. The second-order valence-corrected chi connectivity index (χ2v) is 6.57. The Labute approximate surface area is 162 Å². The van der Waals surface area contributed by atoms with Gasteiger partial charge in [0.2, 0.25) is 0 Å². The van der Waals surface area contributed by atoms with Gasteiger partial charge in [0.25, 0.3) is 0 Å². The summed E-state index contributed by atoms with van der Waals surface area (Å²) in [5, 5.41) is 20.9. The van der Waals surface area contributed by atoms with Crippen LogP contribution in [0.2, 0.25) is 0 Å². The maximum atomic E-state index is 11.8. The summed E-state index contributed by atoms with van der Waals surface area (Å²) >= 11 is 0. The fraction of sp³-hybridized carbons (Fsp3) is 0.0870. The van der Waals surface area contributed by atoms with Gasteiger partial charge in [-0.25, -0.2) is 4.79 Å². The highest BCUT2D eigenvalue weighted by atomic mass is 16.4. The number of nitrogens with zero attached hydrogens (tertiary/aromatic N) is 1. The van der Waals surface area contributed by atoms with Gasteiger partial charge in [-0.3, -0.25) is 0 Å². The topological polar surface area (TPSA) is 76.6 Å². The molecule has 0 fully saturated rings. The van der Waals surface area contributed by atoms with Crippen LogP contribution in [-0.2, 0) is 6.42 Å². The van der Waals surface area contributed by atoms with Crippen LogP contribution in [0.1, 0.15) is 15.9 Å². The molecule has 3 aromatic carbocycles. The number of carboxylic acid groups (broad SMARTS) is 1. The van der Waals surface area contributed by atoms with Crippen LogP contribution in [0.5, 0.6) is 5.75 Å². The predicted molar refractivity (Wildman–Crippen MR) is 111 cm³/mol. The van der Waals surface area contributed by atoms with Crippen LogP contribution in [0.4, 0.5) is 11.4 Å². The molecule has 0 aliphatic rings. The zero-order valence-corrected chi connectivity index (χ0v) is 15.2. The monoisotopic (exact) mass is 372 g/mol.